The van der Waals surface area contributed by atoms with Crippen LogP contribution >= 0.6 is 0 Å². The third kappa shape index (κ3) is 5.35. The lowest BCUT2D eigenvalue weighted by Gasteiger charge is -2.30. The summed E-state index contributed by atoms with van der Waals surface area (Å²) in [4.78, 5) is 45.2. The molecule has 10 nitrogen and oxygen atoms in total. The predicted octanol–water partition coefficient (Wildman–Crippen LogP) is 2.95. The van der Waals surface area contributed by atoms with Gasteiger partial charge in [-0.1, -0.05) is 12.2 Å². The molecule has 1 aromatic heterocycles. The zero-order valence-corrected chi connectivity index (χ0v) is 21.5. The van der Waals surface area contributed by atoms with Gasteiger partial charge in [0, 0.05) is 49.9 Å². The first-order chi connectivity index (χ1) is 17.7. The first-order valence-electron chi connectivity index (χ1n) is 12.7. The lowest BCUT2D eigenvalue weighted by Crippen LogP contribution is -2.41. The highest BCUT2D eigenvalue weighted by Gasteiger charge is 2.33. The quantitative estimate of drug-likeness (QED) is 0.580. The van der Waals surface area contributed by atoms with Crippen molar-refractivity contribution in [3.8, 4) is 0 Å². The molecule has 1 aromatic carbocycles. The molecule has 0 N–H and O–H groups in total. The van der Waals surface area contributed by atoms with Crippen molar-refractivity contribution in [3.63, 3.8) is 0 Å². The van der Waals surface area contributed by atoms with Crippen molar-refractivity contribution in [2.24, 2.45) is 0 Å². The van der Waals surface area contributed by atoms with Gasteiger partial charge in [0.05, 0.1) is 37.9 Å². The maximum absolute atomic E-state index is 13.4. The lowest BCUT2D eigenvalue weighted by atomic mass is 9.99. The highest BCUT2D eigenvalue weighted by molar-refractivity contribution is 5.99. The molecular formula is C27H33N3O7. The molecule has 2 fully saturated rings. The van der Waals surface area contributed by atoms with Crippen molar-refractivity contribution in [3.05, 3.63) is 51.7 Å². The van der Waals surface area contributed by atoms with Gasteiger partial charge < -0.3 is 28.4 Å². The summed E-state index contributed by atoms with van der Waals surface area (Å²) in [5, 5.41) is 0.301. The number of anilines is 1. The molecule has 3 aliphatic rings. The van der Waals surface area contributed by atoms with Gasteiger partial charge in [-0.15, -0.1) is 0 Å². The highest BCUT2D eigenvalue weighted by Crippen LogP contribution is 2.35. The number of carbonyl (C=O) groups is 2. The number of rotatable bonds is 3. The number of ether oxygens (including phenoxy) is 3. The Kier molecular flexibility index (Phi) is 6.96. The first kappa shape index (κ1) is 25.3. The Balaban J connectivity index is 1.62. The number of amides is 2. The van der Waals surface area contributed by atoms with Gasteiger partial charge in [0.1, 0.15) is 11.2 Å². The summed E-state index contributed by atoms with van der Waals surface area (Å²) in [6.07, 6.45) is 3.27. The lowest BCUT2D eigenvalue weighted by molar-refractivity contribution is 0.0241. The third-order valence-electron chi connectivity index (χ3n) is 6.62. The highest BCUT2D eigenvalue weighted by atomic mass is 16.6. The molecule has 3 aliphatic heterocycles. The number of hydrogen-bond acceptors (Lipinski definition) is 8. The monoisotopic (exact) mass is 511 g/mol. The Bertz CT molecular complexity index is 1270. The molecule has 0 radical (unpaired) electrons. The Morgan fingerprint density at radius 1 is 0.973 bits per heavy atom. The number of hydrogen-bond donors (Lipinski definition) is 0. The standard InChI is InChI=1S/C27H33N3O7/c1-27(2,3)37-26(33)30-6-4-5-21(30)19-15-18(25(32)29-9-13-35-14-10-29)16-20-22(31)17-23(36-24(19)20)28-7-11-34-12-8-28/h4-5,15-17,21H,6-14H2,1-3H3/t21-/m1/s1. The van der Waals surface area contributed by atoms with Crippen molar-refractivity contribution in [2.45, 2.75) is 32.4 Å². The molecule has 0 spiro atoms. The number of carbonyl (C=O) groups excluding carboxylic acids is 2. The maximum Gasteiger partial charge on any atom is 0.411 e. The first-order valence-corrected chi connectivity index (χ1v) is 12.7. The maximum atomic E-state index is 13.4. The smallest absolute Gasteiger partial charge is 0.411 e. The molecule has 0 aliphatic carbocycles. The van der Waals surface area contributed by atoms with Crippen LogP contribution in [-0.4, -0.2) is 86.6 Å². The Morgan fingerprint density at radius 2 is 1.65 bits per heavy atom. The van der Waals surface area contributed by atoms with E-state index in [-0.39, 0.29) is 11.3 Å². The van der Waals surface area contributed by atoms with E-state index >= 15 is 0 Å². The van der Waals surface area contributed by atoms with Crippen molar-refractivity contribution < 1.29 is 28.2 Å². The minimum atomic E-state index is -0.670. The molecule has 0 unspecified atom stereocenters. The fourth-order valence-corrected chi connectivity index (χ4v) is 4.80. The molecule has 0 saturated carbocycles. The van der Waals surface area contributed by atoms with Crippen LogP contribution in [0.5, 0.6) is 0 Å². The second kappa shape index (κ2) is 10.2. The molecule has 2 saturated heterocycles. The van der Waals surface area contributed by atoms with Gasteiger partial charge in [0.15, 0.2) is 11.3 Å². The van der Waals surface area contributed by atoms with Crippen LogP contribution in [0.3, 0.4) is 0 Å². The molecular weight excluding hydrogens is 478 g/mol. The summed E-state index contributed by atoms with van der Waals surface area (Å²) in [6, 6.07) is 4.25. The van der Waals surface area contributed by atoms with E-state index in [0.717, 1.165) is 0 Å². The summed E-state index contributed by atoms with van der Waals surface area (Å²) in [5.74, 6) is 0.258. The largest absolute Gasteiger partial charge is 0.444 e. The van der Waals surface area contributed by atoms with E-state index in [9.17, 15) is 14.4 Å². The molecule has 0 bridgehead atoms. The zero-order valence-electron chi connectivity index (χ0n) is 21.5. The van der Waals surface area contributed by atoms with Crippen molar-refractivity contribution in [1.82, 2.24) is 9.80 Å². The summed E-state index contributed by atoms with van der Waals surface area (Å²) >= 11 is 0. The Hall–Kier alpha value is -3.37. The number of morpholine rings is 2. The molecule has 2 amide bonds. The Labute approximate surface area is 215 Å². The average Bonchev–Trinajstić information content (AvgIpc) is 3.38. The van der Waals surface area contributed by atoms with Crippen LogP contribution in [0.2, 0.25) is 0 Å². The van der Waals surface area contributed by atoms with Crippen LogP contribution in [0.4, 0.5) is 10.7 Å². The van der Waals surface area contributed by atoms with Gasteiger partial charge in [-0.05, 0) is 32.9 Å². The molecule has 37 heavy (non-hydrogen) atoms. The molecule has 198 valence electrons. The summed E-state index contributed by atoms with van der Waals surface area (Å²) < 4.78 is 22.8. The summed E-state index contributed by atoms with van der Waals surface area (Å²) in [5.41, 5.74) is 0.390. The second-order valence-electron chi connectivity index (χ2n) is 10.4. The van der Waals surface area contributed by atoms with Crippen LogP contribution in [0.15, 0.2) is 39.6 Å². The molecule has 5 rings (SSSR count). The van der Waals surface area contributed by atoms with E-state index in [1.54, 1.807) is 21.9 Å². The third-order valence-corrected chi connectivity index (χ3v) is 6.62. The van der Waals surface area contributed by atoms with Crippen LogP contribution in [0.25, 0.3) is 11.0 Å². The van der Waals surface area contributed by atoms with Gasteiger partial charge in [-0.2, -0.15) is 0 Å². The van der Waals surface area contributed by atoms with E-state index in [1.807, 2.05) is 37.8 Å². The van der Waals surface area contributed by atoms with E-state index in [2.05, 4.69) is 0 Å². The summed E-state index contributed by atoms with van der Waals surface area (Å²) in [7, 11) is 0. The fourth-order valence-electron chi connectivity index (χ4n) is 4.80. The molecule has 1 atom stereocenters. The van der Waals surface area contributed by atoms with Gasteiger partial charge in [-0.3, -0.25) is 14.5 Å². The van der Waals surface area contributed by atoms with Crippen LogP contribution in [0.1, 0.15) is 42.7 Å². The number of nitrogens with zero attached hydrogens (tertiary/aromatic N) is 3. The SMILES string of the molecule is CC(C)(C)OC(=O)N1CC=C[C@@H]1c1cc(C(=O)N2CCOCC2)cc2c(=O)cc(N3CCOCC3)oc12. The van der Waals surface area contributed by atoms with Crippen LogP contribution in [0, 0.1) is 0 Å². The molecule has 2 aromatic rings. The van der Waals surface area contributed by atoms with Crippen molar-refractivity contribution in [1.29, 1.82) is 0 Å². The molecule has 4 heterocycles. The van der Waals surface area contributed by atoms with Crippen LogP contribution < -0.4 is 10.3 Å². The average molecular weight is 512 g/mol. The minimum absolute atomic E-state index is 0.186. The van der Waals surface area contributed by atoms with E-state index in [1.165, 1.54) is 6.07 Å². The van der Waals surface area contributed by atoms with Gasteiger partial charge in [0.2, 0.25) is 0 Å². The molecule has 10 heteroatoms. The van der Waals surface area contributed by atoms with Crippen molar-refractivity contribution >= 4 is 28.9 Å². The van der Waals surface area contributed by atoms with E-state index in [4.69, 9.17) is 18.6 Å². The number of benzene rings is 1. The van der Waals surface area contributed by atoms with Gasteiger partial charge in [-0.25, -0.2) is 4.79 Å². The Morgan fingerprint density at radius 3 is 2.32 bits per heavy atom. The van der Waals surface area contributed by atoms with E-state index < -0.39 is 17.7 Å². The van der Waals surface area contributed by atoms with Gasteiger partial charge in [0.25, 0.3) is 5.91 Å². The minimum Gasteiger partial charge on any atom is -0.444 e. The van der Waals surface area contributed by atoms with Gasteiger partial charge >= 0.3 is 6.09 Å². The number of fused-ring (bicyclic) bond motifs is 1. The summed E-state index contributed by atoms with van der Waals surface area (Å²) in [6.45, 7) is 9.96. The second-order valence-corrected chi connectivity index (χ2v) is 10.4. The van der Waals surface area contributed by atoms with E-state index in [0.29, 0.717) is 87.1 Å². The zero-order chi connectivity index (χ0) is 26.2. The fraction of sp³-hybridized carbons (Fsp3) is 0.519. The predicted molar refractivity (Wildman–Crippen MR) is 137 cm³/mol. The van der Waals surface area contributed by atoms with Crippen molar-refractivity contribution in [2.75, 3.05) is 64.1 Å². The van der Waals surface area contributed by atoms with Crippen LogP contribution in [-0.2, 0) is 14.2 Å². The normalized spacial score (nSPS) is 20.5. The topological polar surface area (TPSA) is 102 Å².